The molecular formula is C19H23N3O4. The Hall–Kier alpha value is -2.80. The number of rotatable bonds is 6. The molecule has 1 aliphatic carbocycles. The van der Waals surface area contributed by atoms with Crippen LogP contribution >= 0.6 is 0 Å². The molecule has 1 aliphatic rings. The zero-order chi connectivity index (χ0) is 18.5. The Morgan fingerprint density at radius 3 is 2.54 bits per heavy atom. The van der Waals surface area contributed by atoms with Gasteiger partial charge in [-0.2, -0.15) is 0 Å². The lowest BCUT2D eigenvalue weighted by Gasteiger charge is -2.19. The number of aromatic nitrogens is 1. The van der Waals surface area contributed by atoms with E-state index in [1.165, 1.54) is 12.1 Å². The number of phenolic OH excluding ortho intramolecular Hbond substituents is 1. The van der Waals surface area contributed by atoms with E-state index >= 15 is 0 Å². The standard InChI is InChI=1S/C19H23N3O4/c23-12-16(19(26)20-13-5-1-2-6-13)21-18(25)15-11-14(7-8-17(15)24)22-9-3-4-10-22/h3-4,7-11,13,16,23-24H,1-2,5-6,12H2,(H,20,26)(H,21,25)/t16-/m0/s1. The van der Waals surface area contributed by atoms with E-state index in [-0.39, 0.29) is 17.4 Å². The number of aliphatic hydroxyl groups excluding tert-OH is 1. The van der Waals surface area contributed by atoms with Crippen molar-refractivity contribution < 1.29 is 19.8 Å². The first kappa shape index (κ1) is 18.0. The van der Waals surface area contributed by atoms with Crippen LogP contribution in [-0.2, 0) is 4.79 Å². The summed E-state index contributed by atoms with van der Waals surface area (Å²) in [5, 5.41) is 24.9. The first-order valence-electron chi connectivity index (χ1n) is 8.77. The summed E-state index contributed by atoms with van der Waals surface area (Å²) in [6, 6.07) is 7.38. The van der Waals surface area contributed by atoms with Crippen LogP contribution in [0.5, 0.6) is 5.75 Å². The fourth-order valence-electron chi connectivity index (χ4n) is 3.18. The van der Waals surface area contributed by atoms with E-state index in [9.17, 15) is 19.8 Å². The lowest BCUT2D eigenvalue weighted by Crippen LogP contribution is -2.51. The molecule has 2 aromatic rings. The average Bonchev–Trinajstić information content (AvgIpc) is 3.33. The molecule has 3 rings (SSSR count). The zero-order valence-corrected chi connectivity index (χ0v) is 14.4. The molecule has 1 aromatic carbocycles. The maximum Gasteiger partial charge on any atom is 0.255 e. The number of hydrogen-bond donors (Lipinski definition) is 4. The number of nitrogens with one attached hydrogen (secondary N) is 2. The second-order valence-electron chi connectivity index (χ2n) is 6.49. The SMILES string of the molecule is O=C(N[C@@H](CO)C(=O)NC1CCCC1)c1cc(-n2cccc2)ccc1O. The van der Waals surface area contributed by atoms with E-state index in [1.54, 1.807) is 10.6 Å². The van der Waals surface area contributed by atoms with Gasteiger partial charge in [0.15, 0.2) is 0 Å². The van der Waals surface area contributed by atoms with Crippen LogP contribution in [0.2, 0.25) is 0 Å². The van der Waals surface area contributed by atoms with Gasteiger partial charge in [0.1, 0.15) is 11.8 Å². The largest absolute Gasteiger partial charge is 0.507 e. The van der Waals surface area contributed by atoms with Gasteiger partial charge >= 0.3 is 0 Å². The van der Waals surface area contributed by atoms with E-state index in [0.717, 1.165) is 25.7 Å². The first-order chi connectivity index (χ1) is 12.6. The maximum absolute atomic E-state index is 12.5. The van der Waals surface area contributed by atoms with E-state index in [2.05, 4.69) is 10.6 Å². The molecule has 1 atom stereocenters. The van der Waals surface area contributed by atoms with Crippen molar-refractivity contribution in [2.24, 2.45) is 0 Å². The average molecular weight is 357 g/mol. The van der Waals surface area contributed by atoms with E-state index < -0.39 is 24.5 Å². The Morgan fingerprint density at radius 2 is 1.88 bits per heavy atom. The molecule has 0 saturated heterocycles. The number of phenols is 1. The van der Waals surface area contributed by atoms with Crippen molar-refractivity contribution in [3.63, 3.8) is 0 Å². The van der Waals surface area contributed by atoms with Crippen molar-refractivity contribution >= 4 is 11.8 Å². The molecule has 0 radical (unpaired) electrons. The quantitative estimate of drug-likeness (QED) is 0.626. The summed E-state index contributed by atoms with van der Waals surface area (Å²) in [5.41, 5.74) is 0.747. The van der Waals surface area contributed by atoms with Gasteiger partial charge in [0.25, 0.3) is 5.91 Å². The highest BCUT2D eigenvalue weighted by molar-refractivity contribution is 6.00. The third-order valence-corrected chi connectivity index (χ3v) is 4.63. The molecule has 7 nitrogen and oxygen atoms in total. The number of nitrogens with zero attached hydrogens (tertiary/aromatic N) is 1. The molecule has 2 amide bonds. The molecule has 7 heteroatoms. The summed E-state index contributed by atoms with van der Waals surface area (Å²) < 4.78 is 1.80. The van der Waals surface area contributed by atoms with Crippen LogP contribution in [0.15, 0.2) is 42.7 Å². The molecule has 0 spiro atoms. The van der Waals surface area contributed by atoms with Crippen molar-refractivity contribution in [3.8, 4) is 11.4 Å². The molecule has 138 valence electrons. The summed E-state index contributed by atoms with van der Waals surface area (Å²) in [6.07, 6.45) is 7.61. The van der Waals surface area contributed by atoms with Gasteiger partial charge in [0.2, 0.25) is 5.91 Å². The molecule has 26 heavy (non-hydrogen) atoms. The summed E-state index contributed by atoms with van der Waals surface area (Å²) in [7, 11) is 0. The van der Waals surface area contributed by atoms with Gasteiger partial charge in [-0.3, -0.25) is 9.59 Å². The van der Waals surface area contributed by atoms with E-state index in [0.29, 0.717) is 5.69 Å². The minimum Gasteiger partial charge on any atom is -0.507 e. The number of aromatic hydroxyl groups is 1. The summed E-state index contributed by atoms with van der Waals surface area (Å²) in [5.74, 6) is -1.21. The molecule has 1 fully saturated rings. The molecule has 0 bridgehead atoms. The Labute approximate surface area is 151 Å². The Morgan fingerprint density at radius 1 is 1.19 bits per heavy atom. The summed E-state index contributed by atoms with van der Waals surface area (Å²) >= 11 is 0. The fourth-order valence-corrected chi connectivity index (χ4v) is 3.18. The Balaban J connectivity index is 1.71. The maximum atomic E-state index is 12.5. The fraction of sp³-hybridized carbons (Fsp3) is 0.368. The van der Waals surface area contributed by atoms with Crippen LogP contribution in [0.25, 0.3) is 5.69 Å². The smallest absolute Gasteiger partial charge is 0.255 e. The third kappa shape index (κ3) is 4.05. The number of benzene rings is 1. The molecule has 4 N–H and O–H groups in total. The molecular weight excluding hydrogens is 334 g/mol. The lowest BCUT2D eigenvalue weighted by molar-refractivity contribution is -0.124. The molecule has 1 aromatic heterocycles. The number of hydrogen-bond acceptors (Lipinski definition) is 4. The second kappa shape index (κ2) is 8.05. The molecule has 1 saturated carbocycles. The highest BCUT2D eigenvalue weighted by Gasteiger charge is 2.25. The van der Waals surface area contributed by atoms with Gasteiger partial charge in [-0.1, -0.05) is 12.8 Å². The van der Waals surface area contributed by atoms with Crippen LogP contribution in [0.1, 0.15) is 36.0 Å². The van der Waals surface area contributed by atoms with Crippen molar-refractivity contribution in [2.75, 3.05) is 6.61 Å². The summed E-state index contributed by atoms with van der Waals surface area (Å²) in [6.45, 7) is -0.512. The highest BCUT2D eigenvalue weighted by atomic mass is 16.3. The number of carbonyl (C=O) groups excluding carboxylic acids is 2. The van der Waals surface area contributed by atoms with E-state index in [1.807, 2.05) is 24.5 Å². The first-order valence-corrected chi connectivity index (χ1v) is 8.77. The number of aliphatic hydroxyl groups is 1. The van der Waals surface area contributed by atoms with Crippen molar-refractivity contribution in [1.29, 1.82) is 0 Å². The van der Waals surface area contributed by atoms with Crippen LogP contribution in [-0.4, -0.2) is 45.3 Å². The number of carbonyl (C=O) groups is 2. The highest BCUT2D eigenvalue weighted by Crippen LogP contribution is 2.21. The van der Waals surface area contributed by atoms with E-state index in [4.69, 9.17) is 0 Å². The van der Waals surface area contributed by atoms with Crippen LogP contribution in [0.3, 0.4) is 0 Å². The molecule has 0 unspecified atom stereocenters. The topological polar surface area (TPSA) is 104 Å². The number of amides is 2. The van der Waals surface area contributed by atoms with Gasteiger partial charge in [0.05, 0.1) is 12.2 Å². The van der Waals surface area contributed by atoms with Gasteiger partial charge in [-0.05, 0) is 43.2 Å². The van der Waals surface area contributed by atoms with Crippen LogP contribution in [0.4, 0.5) is 0 Å². The Kier molecular flexibility index (Phi) is 5.58. The van der Waals surface area contributed by atoms with Crippen molar-refractivity contribution in [3.05, 3.63) is 48.3 Å². The van der Waals surface area contributed by atoms with Gasteiger partial charge in [0, 0.05) is 24.1 Å². The van der Waals surface area contributed by atoms with Crippen LogP contribution in [0, 0.1) is 0 Å². The third-order valence-electron chi connectivity index (χ3n) is 4.63. The minimum absolute atomic E-state index is 0.0447. The van der Waals surface area contributed by atoms with Gasteiger partial charge < -0.3 is 25.4 Å². The normalized spacial score (nSPS) is 15.6. The predicted octanol–water partition coefficient (Wildman–Crippen LogP) is 1.33. The summed E-state index contributed by atoms with van der Waals surface area (Å²) in [4.78, 5) is 24.8. The lowest BCUT2D eigenvalue weighted by atomic mass is 10.1. The van der Waals surface area contributed by atoms with Gasteiger partial charge in [-0.15, -0.1) is 0 Å². The predicted molar refractivity (Wildman–Crippen MR) is 96.2 cm³/mol. The van der Waals surface area contributed by atoms with Gasteiger partial charge in [-0.25, -0.2) is 0 Å². The monoisotopic (exact) mass is 357 g/mol. The second-order valence-corrected chi connectivity index (χ2v) is 6.49. The Bertz CT molecular complexity index is 767. The molecule has 1 heterocycles. The molecule has 0 aliphatic heterocycles. The van der Waals surface area contributed by atoms with Crippen LogP contribution < -0.4 is 10.6 Å². The van der Waals surface area contributed by atoms with Crippen molar-refractivity contribution in [2.45, 2.75) is 37.8 Å². The minimum atomic E-state index is -1.06. The van der Waals surface area contributed by atoms with Crippen molar-refractivity contribution in [1.82, 2.24) is 15.2 Å². The zero-order valence-electron chi connectivity index (χ0n) is 14.4.